The van der Waals surface area contributed by atoms with Crippen LogP contribution in [0.2, 0.25) is 0 Å². The number of unbranched alkanes of at least 4 members (excludes halogenated alkanes) is 1. The number of thiol groups is 1. The second kappa shape index (κ2) is 137. The molecule has 0 amide bonds. The largest absolute Gasteiger partial charge is 0.481 e. The fourth-order valence-corrected chi connectivity index (χ4v) is 0.783. The quantitative estimate of drug-likeness (QED) is 0.0178. The molecule has 0 saturated carbocycles. The number of carboxylic acids is 1. The number of nitrogens with one attached hydrogen (secondary N) is 1. The van der Waals surface area contributed by atoms with Crippen LogP contribution in [0.5, 0.6) is 0 Å². The Morgan fingerprint density at radius 3 is 1.14 bits per heavy atom. The van der Waals surface area contributed by atoms with Crippen molar-refractivity contribution in [2.75, 3.05) is 53.9 Å². The van der Waals surface area contributed by atoms with E-state index in [9.17, 15) is 8.42 Å². The number of thiocarbonyl (C=S) groups is 1. The van der Waals surface area contributed by atoms with Gasteiger partial charge in [-0.3, -0.25) is 9.35 Å². The van der Waals surface area contributed by atoms with E-state index in [1.54, 1.807) is 26.3 Å². The number of carbonyl (C=O) groups excluding carboxylic acids is 2. The molecule has 0 aromatic heterocycles. The Bertz CT molecular complexity index is 1100. The zero-order chi connectivity index (χ0) is 55.2. The lowest BCUT2D eigenvalue weighted by Crippen LogP contribution is -1.88. The van der Waals surface area contributed by atoms with E-state index >= 15 is 0 Å². The van der Waals surface area contributed by atoms with Crippen molar-refractivity contribution in [2.24, 2.45) is 15.7 Å². The van der Waals surface area contributed by atoms with Crippen LogP contribution in [0.3, 0.4) is 0 Å². The summed E-state index contributed by atoms with van der Waals surface area (Å²) in [7, 11) is 1.81. The van der Waals surface area contributed by atoms with Crippen molar-refractivity contribution in [3.63, 3.8) is 0 Å². The zero-order valence-electron chi connectivity index (χ0n) is 44.9. The van der Waals surface area contributed by atoms with Crippen LogP contribution in [0.15, 0.2) is 82.9 Å². The number of aldehydes is 1. The molecular formula is C48H102N4O9S3. The topological polar surface area (TPSA) is 231 Å². The van der Waals surface area contributed by atoms with Gasteiger partial charge in [0.1, 0.15) is 6.29 Å². The number of ether oxygens (including phenoxy) is 1. The molecule has 2 fully saturated rings. The molecule has 2 unspecified atom stereocenters. The molecule has 13 nitrogen and oxygen atoms in total. The lowest BCUT2D eigenvalue weighted by Gasteiger charge is -1.76. The van der Waals surface area contributed by atoms with E-state index in [-0.39, 0.29) is 0 Å². The molecule has 64 heavy (non-hydrogen) atoms. The number of nitrogens with zero attached hydrogens (tertiary/aromatic N) is 2. The number of isocyanates is 1. The first-order chi connectivity index (χ1) is 29.8. The van der Waals surface area contributed by atoms with E-state index < -0.39 is 16.1 Å². The molecule has 0 spiro atoms. The molecule has 2 heterocycles. The maximum absolute atomic E-state index is 9.19. The minimum absolute atomic E-state index is 0.583. The molecule has 0 aliphatic carbocycles. The molecular weight excluding hydrogens is 873 g/mol. The number of aliphatic carboxylic acids is 1. The van der Waals surface area contributed by atoms with Gasteiger partial charge in [0.25, 0.3) is 16.1 Å². The first kappa shape index (κ1) is 103. The van der Waals surface area contributed by atoms with Crippen molar-refractivity contribution in [2.45, 2.75) is 149 Å². The van der Waals surface area contributed by atoms with Crippen molar-refractivity contribution >= 4 is 58.5 Å². The summed E-state index contributed by atoms with van der Waals surface area (Å²) in [6, 6.07) is 0.833. The fraction of sp³-hybridized carbons (Fsp3) is 0.625. The molecule has 6 N–H and O–H groups in total. The molecule has 2 aliphatic heterocycles. The second-order valence-corrected chi connectivity index (χ2v) is 12.5. The van der Waals surface area contributed by atoms with Gasteiger partial charge in [-0.2, -0.15) is 21.0 Å². The number of terminal acetylenes is 1. The number of isothiocyanates is 1. The first-order valence-corrected chi connectivity index (χ1v) is 23.2. The zero-order valence-corrected chi connectivity index (χ0v) is 47.4. The number of carbonyl (C=O) groups is 2. The van der Waals surface area contributed by atoms with Crippen molar-refractivity contribution in [1.82, 2.24) is 5.32 Å². The van der Waals surface area contributed by atoms with Gasteiger partial charge in [-0.1, -0.05) is 80.0 Å². The Kier molecular flexibility index (Phi) is 222. The average Bonchev–Trinajstić information content (AvgIpc) is 4.20. The minimum atomic E-state index is -3.67. The van der Waals surface area contributed by atoms with Crippen LogP contribution < -0.4 is 11.1 Å². The normalized spacial score (nSPS) is 10.9. The van der Waals surface area contributed by atoms with E-state index in [2.05, 4.69) is 155 Å². The van der Waals surface area contributed by atoms with Gasteiger partial charge in [0, 0.05) is 40.7 Å². The number of allylic oxidation sites excluding steroid dienone is 10. The number of aliphatic hydroxyl groups excluding tert-OH is 1. The van der Waals surface area contributed by atoms with E-state index in [0.29, 0.717) is 12.4 Å². The van der Waals surface area contributed by atoms with Crippen molar-refractivity contribution in [1.29, 1.82) is 0 Å². The molecule has 2 atom stereocenters. The molecule has 0 aromatic carbocycles. The van der Waals surface area contributed by atoms with Crippen molar-refractivity contribution < 1.29 is 42.3 Å². The number of nitrogens with two attached hydrogens (primary N) is 1. The molecule has 0 bridgehead atoms. The van der Waals surface area contributed by atoms with Gasteiger partial charge in [0.2, 0.25) is 6.08 Å². The Labute approximate surface area is 408 Å². The minimum Gasteiger partial charge on any atom is -0.481 e. The Balaban J connectivity index is -0.0000000309. The number of hydrogen-bond donors (Lipinski definition) is 6. The summed E-state index contributed by atoms with van der Waals surface area (Å²) in [5.74, 6) is 1.42. The van der Waals surface area contributed by atoms with Crippen molar-refractivity contribution in [3.8, 4) is 12.3 Å². The van der Waals surface area contributed by atoms with Crippen LogP contribution in [0.4, 0.5) is 0 Å². The van der Waals surface area contributed by atoms with Gasteiger partial charge >= 0.3 is 0 Å². The molecule has 16 heteroatoms. The molecule has 0 aromatic rings. The monoisotopic (exact) mass is 975 g/mol. The molecule has 0 radical (unpaired) electrons. The Hall–Kier alpha value is -3.58. The molecule has 2 rings (SSSR count). The summed E-state index contributed by atoms with van der Waals surface area (Å²) in [5, 5.41) is 19.7. The second-order valence-electron chi connectivity index (χ2n) is 10.8. The summed E-state index contributed by atoms with van der Waals surface area (Å²) in [4.78, 5) is 32.9. The van der Waals surface area contributed by atoms with E-state index in [0.717, 1.165) is 39.4 Å². The highest BCUT2D eigenvalue weighted by Gasteiger charge is 2.13. The lowest BCUT2D eigenvalue weighted by atomic mass is 10.3. The number of hydrogen-bond acceptors (Lipinski definition) is 13. The van der Waals surface area contributed by atoms with Crippen LogP contribution in [-0.2, 0) is 29.2 Å². The fourth-order valence-electron chi connectivity index (χ4n) is 0.783. The highest BCUT2D eigenvalue weighted by molar-refractivity contribution is 7.85. The third-order valence-corrected chi connectivity index (χ3v) is 3.55. The van der Waals surface area contributed by atoms with Gasteiger partial charge in [0.05, 0.1) is 24.1 Å². The summed E-state index contributed by atoms with van der Waals surface area (Å²) >= 11 is 7.66. The predicted molar refractivity (Wildman–Crippen MR) is 295 cm³/mol. The van der Waals surface area contributed by atoms with Gasteiger partial charge in [-0.15, -0.1) is 25.5 Å². The maximum Gasteiger partial charge on any atom is 0.300 e. The van der Waals surface area contributed by atoms with Gasteiger partial charge in [-0.25, -0.2) is 14.8 Å². The smallest absolute Gasteiger partial charge is 0.300 e. The summed E-state index contributed by atoms with van der Waals surface area (Å²) in [6.07, 6.45) is 29.6. The van der Waals surface area contributed by atoms with Gasteiger partial charge < -0.3 is 30.8 Å². The number of rotatable bonds is 3. The molecule has 2 aliphatic rings. The Morgan fingerprint density at radius 2 is 1.12 bits per heavy atom. The average molecular weight is 976 g/mol. The van der Waals surface area contributed by atoms with Crippen LogP contribution in [-0.4, -0.2) is 113 Å². The number of carboxylic acid groups (broad SMARTS) is 1. The summed E-state index contributed by atoms with van der Waals surface area (Å²) < 4.78 is 30.6. The highest BCUT2D eigenvalue weighted by Crippen LogP contribution is 2.04. The van der Waals surface area contributed by atoms with Crippen LogP contribution in [0.1, 0.15) is 137 Å². The predicted octanol–water partition coefficient (Wildman–Crippen LogP) is 11.9. The van der Waals surface area contributed by atoms with Crippen LogP contribution >= 0.6 is 24.8 Å². The SMILES string of the molecule is C#CC.C=C(C)C.C=CC.CC(=O)O.CC1CN1.CC1CO1.CC=C(C)C.CC=CC.CC=CCC.CC=CCCC.CC=O.CN.CN=C=O.CN=C=S.CO.CS.CS(=O)(=O)O. The van der Waals surface area contributed by atoms with Crippen LogP contribution in [0, 0.1) is 12.3 Å². The van der Waals surface area contributed by atoms with E-state index in [1.807, 2.05) is 60.6 Å². The number of aliphatic imine (C=N–C) groups is 2. The highest BCUT2D eigenvalue weighted by atomic mass is 32.2. The third kappa shape index (κ3) is 1250. The Morgan fingerprint density at radius 1 is 0.938 bits per heavy atom. The first-order valence-electron chi connectivity index (χ1n) is 20.1. The van der Waals surface area contributed by atoms with Crippen LogP contribution in [0.25, 0.3) is 0 Å². The number of epoxide rings is 1. The third-order valence-electron chi connectivity index (χ3n) is 3.37. The summed E-state index contributed by atoms with van der Waals surface area (Å²) in [5.41, 5.74) is 7.05. The lowest BCUT2D eigenvalue weighted by molar-refractivity contribution is -0.134. The maximum atomic E-state index is 9.19. The van der Waals surface area contributed by atoms with E-state index in [4.69, 9.17) is 33.9 Å². The van der Waals surface area contributed by atoms with Crippen molar-refractivity contribution in [3.05, 3.63) is 72.9 Å². The number of aliphatic hydroxyl groups is 1. The van der Waals surface area contributed by atoms with Gasteiger partial charge in [-0.05, 0) is 135 Å². The van der Waals surface area contributed by atoms with E-state index in [1.165, 1.54) is 57.6 Å². The molecule has 386 valence electrons. The summed E-state index contributed by atoms with van der Waals surface area (Å²) in [6.45, 7) is 42.0. The molecule has 2 saturated heterocycles. The van der Waals surface area contributed by atoms with Gasteiger partial charge in [0.15, 0.2) is 0 Å². The standard InChI is InChI=1S/C6H12.2C5H10.2C4H8.C3H7N.C3H6O.C3H6.C3H4.C2H3NO.C2H3NS.C2H4O2.C2H4O.CH5N.CH4O3S.CH4O.CH4S/c1-3-5-6-4-2;1-4-5(2)3;1-3-5-4-2;1-4(2)3;1-3-4-2;2*1-3-2-4-3;2*1-3-2;2*1-3-2-4;1-2(3)4;1-2-3;1-2;1-5(2,3)4;2*1-2/h3,5H,4,6H2,1-2H3;4H,1-3H3;3,5H,4H2,1-2H3;1H2,2-3H3;3-4H,1-2H3;3-4H,2H2,1H3;3H,2H2,1H3;3H,1H2,2H3;1H,2H3;2*1H3;1H3,(H,3,4);2H,1H3;2H2,1H3;1H3,(H,2,3,4);2*2H,1H3.